The first-order valence-electron chi connectivity index (χ1n) is 6.33. The van der Waals surface area contributed by atoms with Crippen LogP contribution in [0.1, 0.15) is 12.5 Å². The Labute approximate surface area is 112 Å². The number of benzene rings is 2. The topological polar surface area (TPSA) is 31.0 Å². The molecular formula is C16H16O3. The highest BCUT2D eigenvalue weighted by atomic mass is 16.8. The number of rotatable bonds is 5. The van der Waals surface area contributed by atoms with Crippen molar-refractivity contribution in [2.45, 2.75) is 19.3 Å². The second-order valence-electron chi connectivity index (χ2n) is 4.77. The molecule has 1 atom stereocenters. The molecule has 2 aromatic carbocycles. The van der Waals surface area contributed by atoms with Crippen molar-refractivity contribution in [2.24, 2.45) is 0 Å². The molecule has 3 rings (SSSR count). The third-order valence-electron chi connectivity index (χ3n) is 2.96. The monoisotopic (exact) mass is 256 g/mol. The van der Waals surface area contributed by atoms with E-state index in [0.29, 0.717) is 13.2 Å². The first kappa shape index (κ1) is 12.1. The van der Waals surface area contributed by atoms with Gasteiger partial charge >= 0.3 is 0 Å². The number of ether oxygens (including phenoxy) is 3. The minimum atomic E-state index is -0.424. The van der Waals surface area contributed by atoms with Gasteiger partial charge in [-0.2, -0.15) is 0 Å². The Morgan fingerprint density at radius 2 is 1.63 bits per heavy atom. The van der Waals surface area contributed by atoms with E-state index in [2.05, 4.69) is 0 Å². The van der Waals surface area contributed by atoms with Gasteiger partial charge in [0.15, 0.2) is 0 Å². The minimum Gasteiger partial charge on any atom is -0.489 e. The molecule has 1 fully saturated rings. The SMILES string of the molecule is CC1(Oc2ccc(OCc3ccccc3)cc2)CO1. The lowest BCUT2D eigenvalue weighted by molar-refractivity contribution is 0.0802. The molecule has 0 spiro atoms. The highest BCUT2D eigenvalue weighted by molar-refractivity contribution is 5.32. The van der Waals surface area contributed by atoms with E-state index < -0.39 is 5.79 Å². The molecule has 2 aromatic rings. The fourth-order valence-corrected chi connectivity index (χ4v) is 1.75. The summed E-state index contributed by atoms with van der Waals surface area (Å²) in [5.41, 5.74) is 1.15. The zero-order chi connectivity index (χ0) is 13.1. The molecule has 0 aliphatic carbocycles. The van der Waals surface area contributed by atoms with Gasteiger partial charge in [-0.3, -0.25) is 0 Å². The van der Waals surface area contributed by atoms with Crippen LogP contribution in [0.4, 0.5) is 0 Å². The molecular weight excluding hydrogens is 240 g/mol. The fraction of sp³-hybridized carbons (Fsp3) is 0.250. The van der Waals surface area contributed by atoms with E-state index >= 15 is 0 Å². The van der Waals surface area contributed by atoms with Crippen LogP contribution in [0.15, 0.2) is 54.6 Å². The lowest BCUT2D eigenvalue weighted by atomic mass is 10.2. The van der Waals surface area contributed by atoms with Crippen LogP contribution in [-0.2, 0) is 11.3 Å². The maximum atomic E-state index is 5.71. The van der Waals surface area contributed by atoms with Crippen molar-refractivity contribution in [3.05, 3.63) is 60.2 Å². The summed E-state index contributed by atoms with van der Waals surface area (Å²) in [7, 11) is 0. The third-order valence-corrected chi connectivity index (χ3v) is 2.96. The van der Waals surface area contributed by atoms with E-state index in [4.69, 9.17) is 14.2 Å². The Kier molecular flexibility index (Phi) is 3.13. The summed E-state index contributed by atoms with van der Waals surface area (Å²) in [5.74, 6) is 1.21. The van der Waals surface area contributed by atoms with E-state index in [0.717, 1.165) is 17.1 Å². The van der Waals surface area contributed by atoms with Gasteiger partial charge in [-0.25, -0.2) is 0 Å². The van der Waals surface area contributed by atoms with E-state index in [1.807, 2.05) is 61.5 Å². The first-order valence-corrected chi connectivity index (χ1v) is 6.33. The molecule has 1 heterocycles. The average Bonchev–Trinajstić information content (AvgIpc) is 3.17. The molecule has 3 heteroatoms. The molecule has 3 nitrogen and oxygen atoms in total. The van der Waals surface area contributed by atoms with Crippen molar-refractivity contribution in [3.8, 4) is 11.5 Å². The normalized spacial score (nSPS) is 20.9. The van der Waals surface area contributed by atoms with E-state index in [9.17, 15) is 0 Å². The van der Waals surface area contributed by atoms with Gasteiger partial charge in [0.05, 0.1) is 0 Å². The third kappa shape index (κ3) is 3.26. The predicted molar refractivity (Wildman–Crippen MR) is 72.2 cm³/mol. The summed E-state index contributed by atoms with van der Waals surface area (Å²) >= 11 is 0. The predicted octanol–water partition coefficient (Wildman–Crippen LogP) is 3.39. The lowest BCUT2D eigenvalue weighted by Crippen LogP contribution is -2.14. The maximum Gasteiger partial charge on any atom is 0.231 e. The Balaban J connectivity index is 1.57. The zero-order valence-electron chi connectivity index (χ0n) is 10.8. The number of hydrogen-bond donors (Lipinski definition) is 0. The number of epoxide rings is 1. The molecule has 1 aliphatic heterocycles. The molecule has 0 radical (unpaired) electrons. The van der Waals surface area contributed by atoms with Crippen molar-refractivity contribution < 1.29 is 14.2 Å². The van der Waals surface area contributed by atoms with Crippen LogP contribution in [0.2, 0.25) is 0 Å². The van der Waals surface area contributed by atoms with Crippen molar-refractivity contribution in [3.63, 3.8) is 0 Å². The van der Waals surface area contributed by atoms with E-state index in [1.165, 1.54) is 0 Å². The lowest BCUT2D eigenvalue weighted by Gasteiger charge is -2.10. The average molecular weight is 256 g/mol. The van der Waals surface area contributed by atoms with Crippen molar-refractivity contribution in [2.75, 3.05) is 6.61 Å². The Bertz CT molecular complexity index is 530. The van der Waals surface area contributed by atoms with Crippen molar-refractivity contribution in [1.82, 2.24) is 0 Å². The highest BCUT2D eigenvalue weighted by Gasteiger charge is 2.42. The van der Waals surface area contributed by atoms with Gasteiger partial charge in [-0.05, 0) is 29.8 Å². The van der Waals surface area contributed by atoms with Crippen LogP contribution in [0.5, 0.6) is 11.5 Å². The van der Waals surface area contributed by atoms with Gasteiger partial charge in [0.1, 0.15) is 24.7 Å². The maximum absolute atomic E-state index is 5.71. The fourth-order valence-electron chi connectivity index (χ4n) is 1.75. The molecule has 1 saturated heterocycles. The van der Waals surface area contributed by atoms with Crippen LogP contribution in [-0.4, -0.2) is 12.4 Å². The summed E-state index contributed by atoms with van der Waals surface area (Å²) < 4.78 is 16.5. The summed E-state index contributed by atoms with van der Waals surface area (Å²) in [6.07, 6.45) is 0. The Hall–Kier alpha value is -2.00. The summed E-state index contributed by atoms with van der Waals surface area (Å²) in [6, 6.07) is 17.7. The standard InChI is InChI=1S/C16H16O3/c1-16(12-18-16)19-15-9-7-14(8-10-15)17-11-13-5-3-2-4-6-13/h2-10H,11-12H2,1H3. The molecule has 0 N–H and O–H groups in total. The quantitative estimate of drug-likeness (QED) is 0.768. The molecule has 98 valence electrons. The van der Waals surface area contributed by atoms with Gasteiger partial charge < -0.3 is 14.2 Å². The molecule has 0 aromatic heterocycles. The first-order chi connectivity index (χ1) is 9.23. The van der Waals surface area contributed by atoms with Gasteiger partial charge in [0, 0.05) is 6.92 Å². The number of hydrogen-bond acceptors (Lipinski definition) is 3. The van der Waals surface area contributed by atoms with Crippen molar-refractivity contribution in [1.29, 1.82) is 0 Å². The molecule has 0 bridgehead atoms. The summed E-state index contributed by atoms with van der Waals surface area (Å²) in [4.78, 5) is 0. The van der Waals surface area contributed by atoms with Crippen molar-refractivity contribution >= 4 is 0 Å². The summed E-state index contributed by atoms with van der Waals surface area (Å²) in [5, 5.41) is 0. The highest BCUT2D eigenvalue weighted by Crippen LogP contribution is 2.30. The van der Waals surface area contributed by atoms with E-state index in [-0.39, 0.29) is 0 Å². The second-order valence-corrected chi connectivity index (χ2v) is 4.77. The van der Waals surface area contributed by atoms with Crippen LogP contribution in [0.3, 0.4) is 0 Å². The van der Waals surface area contributed by atoms with Gasteiger partial charge in [0.25, 0.3) is 0 Å². The Morgan fingerprint density at radius 3 is 2.26 bits per heavy atom. The van der Waals surface area contributed by atoms with Gasteiger partial charge in [0.2, 0.25) is 5.79 Å². The Morgan fingerprint density at radius 1 is 1.00 bits per heavy atom. The molecule has 0 amide bonds. The van der Waals surface area contributed by atoms with Gasteiger partial charge in [-0.15, -0.1) is 0 Å². The molecule has 1 unspecified atom stereocenters. The van der Waals surface area contributed by atoms with Crippen LogP contribution in [0.25, 0.3) is 0 Å². The van der Waals surface area contributed by atoms with E-state index in [1.54, 1.807) is 0 Å². The van der Waals surface area contributed by atoms with Crippen LogP contribution < -0.4 is 9.47 Å². The molecule has 1 aliphatic rings. The minimum absolute atomic E-state index is 0.424. The molecule has 0 saturated carbocycles. The van der Waals surface area contributed by atoms with Crippen LogP contribution in [0, 0.1) is 0 Å². The smallest absolute Gasteiger partial charge is 0.231 e. The largest absolute Gasteiger partial charge is 0.489 e. The van der Waals surface area contributed by atoms with Crippen LogP contribution >= 0.6 is 0 Å². The molecule has 19 heavy (non-hydrogen) atoms. The summed E-state index contributed by atoms with van der Waals surface area (Å²) in [6.45, 7) is 3.15. The van der Waals surface area contributed by atoms with Gasteiger partial charge in [-0.1, -0.05) is 30.3 Å². The second kappa shape index (κ2) is 4.94. The zero-order valence-corrected chi connectivity index (χ0v) is 10.8.